The Morgan fingerprint density at radius 3 is 1.73 bits per heavy atom. The van der Waals surface area contributed by atoms with Gasteiger partial charge in [0.2, 0.25) is 0 Å². The van der Waals surface area contributed by atoms with Gasteiger partial charge in [-0.25, -0.2) is 0 Å². The van der Waals surface area contributed by atoms with E-state index >= 15 is 0 Å². The van der Waals surface area contributed by atoms with Gasteiger partial charge in [-0.15, -0.1) is 0 Å². The highest BCUT2D eigenvalue weighted by atomic mass is 16.7. The maximum atomic E-state index is 12.5. The number of carbonyl (C=O) groups is 2. The lowest BCUT2D eigenvalue weighted by Gasteiger charge is -2.39. The molecule has 236 valence electrons. The first kappa shape index (κ1) is 36.7. The highest BCUT2D eigenvalue weighted by Crippen LogP contribution is 2.22. The van der Waals surface area contributed by atoms with Crippen molar-refractivity contribution < 1.29 is 49.0 Å². The van der Waals surface area contributed by atoms with Crippen LogP contribution >= 0.6 is 0 Å². The van der Waals surface area contributed by atoms with Gasteiger partial charge < -0.3 is 39.4 Å². The largest absolute Gasteiger partial charge is 0.462 e. The third-order valence-corrected chi connectivity index (χ3v) is 7.24. The van der Waals surface area contributed by atoms with E-state index in [0.29, 0.717) is 6.42 Å². The minimum Gasteiger partial charge on any atom is -0.462 e. The predicted octanol–water partition coefficient (Wildman–Crippen LogP) is 3.93. The van der Waals surface area contributed by atoms with Gasteiger partial charge in [0.15, 0.2) is 12.4 Å². The van der Waals surface area contributed by atoms with Crippen LogP contribution in [0.1, 0.15) is 123 Å². The SMILES string of the molecule is CCCCCCCCCCCCCC(=O)OC(COC(=O)CCCCCC)COC1OC(CO)C(O)C(O)C1O. The average Bonchev–Trinajstić information content (AvgIpc) is 2.95. The molecule has 1 aliphatic rings. The summed E-state index contributed by atoms with van der Waals surface area (Å²) in [5.41, 5.74) is 0. The topological polar surface area (TPSA) is 152 Å². The van der Waals surface area contributed by atoms with E-state index in [4.69, 9.17) is 18.9 Å². The molecule has 1 rings (SSSR count). The standard InChI is InChI=1S/C30H56O10/c1-3-5-7-9-10-11-12-13-14-15-17-19-26(33)39-23(21-37-25(32)18-16-8-6-4-2)22-38-30-29(36)28(35)27(34)24(20-31)40-30/h23-24,27-31,34-36H,3-22H2,1-2H3. The number of carbonyl (C=O) groups excluding carboxylic acids is 2. The molecule has 1 aliphatic heterocycles. The van der Waals surface area contributed by atoms with Crippen LogP contribution < -0.4 is 0 Å². The Bertz CT molecular complexity index is 644. The van der Waals surface area contributed by atoms with Crippen molar-refractivity contribution in [1.29, 1.82) is 0 Å². The Morgan fingerprint density at radius 1 is 0.675 bits per heavy atom. The summed E-state index contributed by atoms with van der Waals surface area (Å²) in [6, 6.07) is 0. The van der Waals surface area contributed by atoms with Crippen LogP contribution in [0, 0.1) is 0 Å². The molecule has 0 radical (unpaired) electrons. The zero-order valence-electron chi connectivity index (χ0n) is 24.8. The van der Waals surface area contributed by atoms with Gasteiger partial charge in [-0.2, -0.15) is 0 Å². The van der Waals surface area contributed by atoms with Crippen LogP contribution in [-0.4, -0.2) is 89.0 Å². The normalized spacial score (nSPS) is 23.6. The van der Waals surface area contributed by atoms with Crippen molar-refractivity contribution in [2.75, 3.05) is 19.8 Å². The summed E-state index contributed by atoms with van der Waals surface area (Å²) in [6.45, 7) is 3.24. The van der Waals surface area contributed by atoms with E-state index in [-0.39, 0.29) is 26.1 Å². The summed E-state index contributed by atoms with van der Waals surface area (Å²) in [6.07, 6.45) is 9.03. The van der Waals surface area contributed by atoms with Gasteiger partial charge in [-0.1, -0.05) is 97.3 Å². The highest BCUT2D eigenvalue weighted by molar-refractivity contribution is 5.70. The Morgan fingerprint density at radius 2 is 1.18 bits per heavy atom. The van der Waals surface area contributed by atoms with Gasteiger partial charge in [-0.3, -0.25) is 9.59 Å². The van der Waals surface area contributed by atoms with E-state index in [0.717, 1.165) is 44.9 Å². The molecule has 10 heteroatoms. The quantitative estimate of drug-likeness (QED) is 0.0982. The second kappa shape index (κ2) is 23.3. The fraction of sp³-hybridized carbons (Fsp3) is 0.933. The maximum Gasteiger partial charge on any atom is 0.306 e. The molecule has 10 nitrogen and oxygen atoms in total. The van der Waals surface area contributed by atoms with Crippen LogP contribution in [0.25, 0.3) is 0 Å². The summed E-state index contributed by atoms with van der Waals surface area (Å²) >= 11 is 0. The molecule has 6 atom stereocenters. The molecule has 0 aromatic carbocycles. The number of aliphatic hydroxyl groups is 4. The first-order chi connectivity index (χ1) is 19.3. The van der Waals surface area contributed by atoms with Crippen LogP contribution in [0.2, 0.25) is 0 Å². The van der Waals surface area contributed by atoms with E-state index in [1.165, 1.54) is 44.9 Å². The molecule has 1 saturated heterocycles. The van der Waals surface area contributed by atoms with E-state index in [2.05, 4.69) is 13.8 Å². The summed E-state index contributed by atoms with van der Waals surface area (Å²) in [5, 5.41) is 39.5. The number of rotatable bonds is 24. The van der Waals surface area contributed by atoms with Crippen molar-refractivity contribution >= 4 is 11.9 Å². The molecule has 4 N–H and O–H groups in total. The second-order valence-electron chi connectivity index (χ2n) is 10.9. The molecule has 6 unspecified atom stereocenters. The number of unbranched alkanes of at least 4 members (excludes halogenated alkanes) is 13. The third-order valence-electron chi connectivity index (χ3n) is 7.24. The molecular weight excluding hydrogens is 520 g/mol. The molecule has 40 heavy (non-hydrogen) atoms. The molecule has 0 aromatic rings. The van der Waals surface area contributed by atoms with Gasteiger partial charge in [0.25, 0.3) is 0 Å². The molecular formula is C30H56O10. The van der Waals surface area contributed by atoms with Crippen LogP contribution in [0.15, 0.2) is 0 Å². The Labute approximate surface area is 240 Å². The first-order valence-electron chi connectivity index (χ1n) is 15.6. The number of hydrogen-bond acceptors (Lipinski definition) is 10. The molecule has 0 aromatic heterocycles. The molecule has 1 heterocycles. The maximum absolute atomic E-state index is 12.5. The average molecular weight is 577 g/mol. The minimum atomic E-state index is -1.58. The van der Waals surface area contributed by atoms with Gasteiger partial charge in [0.05, 0.1) is 13.2 Å². The number of esters is 2. The van der Waals surface area contributed by atoms with Crippen molar-refractivity contribution in [2.45, 2.75) is 160 Å². The summed E-state index contributed by atoms with van der Waals surface area (Å²) < 4.78 is 21.7. The molecule has 1 fully saturated rings. The molecule has 0 saturated carbocycles. The minimum absolute atomic E-state index is 0.214. The zero-order chi connectivity index (χ0) is 29.6. The van der Waals surface area contributed by atoms with Crippen LogP contribution in [0.4, 0.5) is 0 Å². The molecule has 0 spiro atoms. The van der Waals surface area contributed by atoms with E-state index in [1.54, 1.807) is 0 Å². The van der Waals surface area contributed by atoms with E-state index in [1.807, 2.05) is 0 Å². The predicted molar refractivity (Wildman–Crippen MR) is 150 cm³/mol. The van der Waals surface area contributed by atoms with Crippen molar-refractivity contribution in [3.63, 3.8) is 0 Å². The molecule has 0 bridgehead atoms. The van der Waals surface area contributed by atoms with Crippen LogP contribution in [0.5, 0.6) is 0 Å². The lowest BCUT2D eigenvalue weighted by atomic mass is 9.99. The summed E-state index contributed by atoms with van der Waals surface area (Å²) in [4.78, 5) is 24.6. The second-order valence-corrected chi connectivity index (χ2v) is 10.9. The van der Waals surface area contributed by atoms with Gasteiger partial charge >= 0.3 is 11.9 Å². The van der Waals surface area contributed by atoms with Crippen molar-refractivity contribution in [3.05, 3.63) is 0 Å². The van der Waals surface area contributed by atoms with Crippen molar-refractivity contribution in [2.24, 2.45) is 0 Å². The summed E-state index contributed by atoms with van der Waals surface area (Å²) in [7, 11) is 0. The van der Waals surface area contributed by atoms with Crippen molar-refractivity contribution in [1.82, 2.24) is 0 Å². The van der Waals surface area contributed by atoms with Gasteiger partial charge in [-0.05, 0) is 12.8 Å². The van der Waals surface area contributed by atoms with Gasteiger partial charge in [0.1, 0.15) is 31.0 Å². The lowest BCUT2D eigenvalue weighted by molar-refractivity contribution is -0.305. The lowest BCUT2D eigenvalue weighted by Crippen LogP contribution is -2.59. The smallest absolute Gasteiger partial charge is 0.306 e. The highest BCUT2D eigenvalue weighted by Gasteiger charge is 2.44. The number of aliphatic hydroxyl groups excluding tert-OH is 4. The van der Waals surface area contributed by atoms with Crippen molar-refractivity contribution in [3.8, 4) is 0 Å². The Hall–Kier alpha value is -1.30. The molecule has 0 amide bonds. The third kappa shape index (κ3) is 16.2. The van der Waals surface area contributed by atoms with Crippen LogP contribution in [-0.2, 0) is 28.5 Å². The number of ether oxygens (including phenoxy) is 4. The Kier molecular flexibility index (Phi) is 21.4. The van der Waals surface area contributed by atoms with Gasteiger partial charge in [0, 0.05) is 12.8 Å². The Balaban J connectivity index is 2.45. The van der Waals surface area contributed by atoms with E-state index < -0.39 is 55.4 Å². The zero-order valence-corrected chi connectivity index (χ0v) is 24.8. The fourth-order valence-electron chi connectivity index (χ4n) is 4.66. The fourth-order valence-corrected chi connectivity index (χ4v) is 4.66. The monoisotopic (exact) mass is 576 g/mol. The summed E-state index contributed by atoms with van der Waals surface area (Å²) in [5.74, 6) is -0.826. The van der Waals surface area contributed by atoms with E-state index in [9.17, 15) is 30.0 Å². The first-order valence-corrected chi connectivity index (χ1v) is 15.6. The number of hydrogen-bond donors (Lipinski definition) is 4. The molecule has 0 aliphatic carbocycles. The van der Waals surface area contributed by atoms with Crippen LogP contribution in [0.3, 0.4) is 0 Å².